The molecule has 0 aromatic heterocycles. The molecule has 0 bridgehead atoms. The molecular weight excluding hydrogens is 244 g/mol. The fourth-order valence-corrected chi connectivity index (χ4v) is 2.03. The minimum Gasteiger partial charge on any atom is -0.389 e. The third-order valence-corrected chi connectivity index (χ3v) is 2.61. The Hall–Kier alpha value is -0.200. The van der Waals surface area contributed by atoms with E-state index in [1.807, 2.05) is 6.92 Å². The Morgan fingerprint density at radius 3 is 2.42 bits per heavy atom. The maximum atomic E-state index is 9.75. The van der Waals surface area contributed by atoms with Crippen LogP contribution >= 0.6 is 0 Å². The van der Waals surface area contributed by atoms with Gasteiger partial charge in [-0.25, -0.2) is 0 Å². The SMILES string of the molecule is CCOCCOCC(O)CNCC(C)(C)CN(C)C. The summed E-state index contributed by atoms with van der Waals surface area (Å²) in [5, 5.41) is 13.0. The number of aliphatic hydroxyl groups excluding tert-OH is 1. The van der Waals surface area contributed by atoms with Crippen molar-refractivity contribution >= 4 is 0 Å². The van der Waals surface area contributed by atoms with E-state index >= 15 is 0 Å². The zero-order valence-corrected chi connectivity index (χ0v) is 13.2. The molecule has 0 spiro atoms. The van der Waals surface area contributed by atoms with Crippen molar-refractivity contribution in [2.24, 2.45) is 5.41 Å². The van der Waals surface area contributed by atoms with E-state index in [0.717, 1.165) is 13.1 Å². The molecule has 0 aliphatic rings. The van der Waals surface area contributed by atoms with E-state index in [-0.39, 0.29) is 5.41 Å². The molecule has 0 radical (unpaired) electrons. The second kappa shape index (κ2) is 10.6. The maximum Gasteiger partial charge on any atom is 0.0897 e. The summed E-state index contributed by atoms with van der Waals surface area (Å²) in [6.45, 7) is 11.0. The molecule has 0 fully saturated rings. The Labute approximate surface area is 118 Å². The maximum absolute atomic E-state index is 9.75. The van der Waals surface area contributed by atoms with Crippen LogP contribution in [0.1, 0.15) is 20.8 Å². The summed E-state index contributed by atoms with van der Waals surface area (Å²) >= 11 is 0. The molecule has 0 aromatic carbocycles. The minimum atomic E-state index is -0.461. The standard InChI is InChI=1S/C14H32N2O3/c1-6-18-7-8-19-10-13(17)9-15-11-14(2,3)12-16(4)5/h13,15,17H,6-12H2,1-5H3. The van der Waals surface area contributed by atoms with Gasteiger partial charge >= 0.3 is 0 Å². The van der Waals surface area contributed by atoms with Crippen LogP contribution in [0.2, 0.25) is 0 Å². The van der Waals surface area contributed by atoms with Crippen molar-refractivity contribution in [1.82, 2.24) is 10.2 Å². The Morgan fingerprint density at radius 2 is 1.84 bits per heavy atom. The highest BCUT2D eigenvalue weighted by atomic mass is 16.5. The molecule has 19 heavy (non-hydrogen) atoms. The summed E-state index contributed by atoms with van der Waals surface area (Å²) in [5.41, 5.74) is 0.193. The van der Waals surface area contributed by atoms with E-state index in [0.29, 0.717) is 33.0 Å². The largest absolute Gasteiger partial charge is 0.389 e. The van der Waals surface area contributed by atoms with Crippen LogP contribution in [0.25, 0.3) is 0 Å². The highest BCUT2D eigenvalue weighted by Crippen LogP contribution is 2.13. The van der Waals surface area contributed by atoms with Crippen molar-refractivity contribution in [3.05, 3.63) is 0 Å². The summed E-state index contributed by atoms with van der Waals surface area (Å²) in [4.78, 5) is 2.18. The van der Waals surface area contributed by atoms with E-state index in [1.54, 1.807) is 0 Å². The molecule has 116 valence electrons. The number of nitrogens with zero attached hydrogens (tertiary/aromatic N) is 1. The van der Waals surface area contributed by atoms with Crippen molar-refractivity contribution in [2.45, 2.75) is 26.9 Å². The quantitative estimate of drug-likeness (QED) is 0.511. The lowest BCUT2D eigenvalue weighted by Gasteiger charge is -2.29. The van der Waals surface area contributed by atoms with Crippen LogP contribution in [0.15, 0.2) is 0 Å². The zero-order valence-electron chi connectivity index (χ0n) is 13.2. The van der Waals surface area contributed by atoms with Crippen LogP contribution < -0.4 is 5.32 Å². The van der Waals surface area contributed by atoms with E-state index in [1.165, 1.54) is 0 Å². The lowest BCUT2D eigenvalue weighted by Crippen LogP contribution is -2.41. The Morgan fingerprint density at radius 1 is 1.21 bits per heavy atom. The lowest BCUT2D eigenvalue weighted by molar-refractivity contribution is 0.00582. The molecule has 0 aromatic rings. The second-order valence-electron chi connectivity index (χ2n) is 5.96. The first kappa shape index (κ1) is 18.8. The molecule has 0 saturated carbocycles. The van der Waals surface area contributed by atoms with Crippen LogP contribution in [0.5, 0.6) is 0 Å². The Bertz CT molecular complexity index is 211. The zero-order chi connectivity index (χ0) is 14.7. The summed E-state index contributed by atoms with van der Waals surface area (Å²) < 4.78 is 10.5. The number of hydrogen-bond donors (Lipinski definition) is 2. The number of nitrogens with one attached hydrogen (secondary N) is 1. The summed E-state index contributed by atoms with van der Waals surface area (Å²) in [5.74, 6) is 0. The molecule has 1 atom stereocenters. The average Bonchev–Trinajstić information content (AvgIpc) is 2.26. The second-order valence-corrected chi connectivity index (χ2v) is 5.96. The van der Waals surface area contributed by atoms with Gasteiger partial charge in [-0.05, 0) is 26.4 Å². The predicted octanol–water partition coefficient (Wildman–Crippen LogP) is 0.578. The van der Waals surface area contributed by atoms with E-state index in [4.69, 9.17) is 9.47 Å². The molecule has 0 rings (SSSR count). The third kappa shape index (κ3) is 12.6. The molecule has 5 heteroatoms. The Balaban J connectivity index is 3.54. The monoisotopic (exact) mass is 276 g/mol. The number of rotatable bonds is 12. The van der Waals surface area contributed by atoms with Gasteiger partial charge in [0.1, 0.15) is 0 Å². The van der Waals surface area contributed by atoms with Crippen molar-refractivity contribution < 1.29 is 14.6 Å². The van der Waals surface area contributed by atoms with E-state index < -0.39 is 6.10 Å². The number of hydrogen-bond acceptors (Lipinski definition) is 5. The van der Waals surface area contributed by atoms with Crippen LogP contribution in [0.3, 0.4) is 0 Å². The average molecular weight is 276 g/mol. The van der Waals surface area contributed by atoms with Gasteiger partial charge in [0.05, 0.1) is 25.9 Å². The highest BCUT2D eigenvalue weighted by molar-refractivity contribution is 4.74. The molecule has 5 nitrogen and oxygen atoms in total. The Kier molecular flexibility index (Phi) is 10.5. The predicted molar refractivity (Wildman–Crippen MR) is 78.5 cm³/mol. The van der Waals surface area contributed by atoms with Gasteiger partial charge in [0.2, 0.25) is 0 Å². The smallest absolute Gasteiger partial charge is 0.0897 e. The van der Waals surface area contributed by atoms with Crippen molar-refractivity contribution in [3.8, 4) is 0 Å². The van der Waals surface area contributed by atoms with Gasteiger partial charge in [0.25, 0.3) is 0 Å². The summed E-state index contributed by atoms with van der Waals surface area (Å²) in [6, 6.07) is 0. The van der Waals surface area contributed by atoms with Crippen LogP contribution in [-0.4, -0.2) is 76.3 Å². The van der Waals surface area contributed by atoms with Gasteiger partial charge in [-0.1, -0.05) is 13.8 Å². The van der Waals surface area contributed by atoms with Gasteiger partial charge < -0.3 is 24.8 Å². The first-order valence-corrected chi connectivity index (χ1v) is 7.06. The van der Waals surface area contributed by atoms with E-state index in [2.05, 4.69) is 38.2 Å². The van der Waals surface area contributed by atoms with Crippen molar-refractivity contribution in [1.29, 1.82) is 0 Å². The molecule has 0 aliphatic heterocycles. The molecule has 0 heterocycles. The fraction of sp³-hybridized carbons (Fsp3) is 1.00. The third-order valence-electron chi connectivity index (χ3n) is 2.61. The van der Waals surface area contributed by atoms with Crippen LogP contribution in [-0.2, 0) is 9.47 Å². The number of aliphatic hydroxyl groups is 1. The van der Waals surface area contributed by atoms with Gasteiger partial charge in [-0.3, -0.25) is 0 Å². The highest BCUT2D eigenvalue weighted by Gasteiger charge is 2.18. The van der Waals surface area contributed by atoms with E-state index in [9.17, 15) is 5.11 Å². The van der Waals surface area contributed by atoms with Crippen LogP contribution in [0, 0.1) is 5.41 Å². The molecule has 0 aliphatic carbocycles. The minimum absolute atomic E-state index is 0.193. The number of ether oxygens (including phenoxy) is 2. The first-order chi connectivity index (χ1) is 8.87. The lowest BCUT2D eigenvalue weighted by atomic mass is 9.93. The normalized spacial score (nSPS) is 14.1. The summed E-state index contributed by atoms with van der Waals surface area (Å²) in [6.07, 6.45) is -0.461. The van der Waals surface area contributed by atoms with Crippen LogP contribution in [0.4, 0.5) is 0 Å². The van der Waals surface area contributed by atoms with Gasteiger partial charge in [-0.2, -0.15) is 0 Å². The van der Waals surface area contributed by atoms with Gasteiger partial charge in [0.15, 0.2) is 0 Å². The first-order valence-electron chi connectivity index (χ1n) is 7.06. The van der Waals surface area contributed by atoms with Gasteiger partial charge in [0, 0.05) is 26.2 Å². The van der Waals surface area contributed by atoms with Gasteiger partial charge in [-0.15, -0.1) is 0 Å². The molecule has 0 amide bonds. The topological polar surface area (TPSA) is 54.0 Å². The van der Waals surface area contributed by atoms with Crippen molar-refractivity contribution in [3.63, 3.8) is 0 Å². The molecule has 2 N–H and O–H groups in total. The summed E-state index contributed by atoms with van der Waals surface area (Å²) in [7, 11) is 4.14. The molecule has 1 unspecified atom stereocenters. The molecular formula is C14H32N2O3. The fourth-order valence-electron chi connectivity index (χ4n) is 2.03. The molecule has 0 saturated heterocycles. The van der Waals surface area contributed by atoms with Crippen molar-refractivity contribution in [2.75, 3.05) is 60.2 Å².